The number of hydrazine groups is 1. The van der Waals surface area contributed by atoms with Crippen LogP contribution in [0.1, 0.15) is 56.6 Å². The first-order chi connectivity index (χ1) is 21.4. The summed E-state index contributed by atoms with van der Waals surface area (Å²) < 4.78 is 21.1. The summed E-state index contributed by atoms with van der Waals surface area (Å²) in [5.74, 6) is -1.10. The Bertz CT molecular complexity index is 1910. The third kappa shape index (κ3) is 4.74. The van der Waals surface area contributed by atoms with Crippen LogP contribution in [0.3, 0.4) is 0 Å². The van der Waals surface area contributed by atoms with E-state index in [0.29, 0.717) is 46.4 Å². The Morgan fingerprint density at radius 3 is 2.55 bits per heavy atom. The number of esters is 1. The first-order valence-corrected chi connectivity index (χ1v) is 14.9. The van der Waals surface area contributed by atoms with Gasteiger partial charge in [0.2, 0.25) is 5.88 Å². The number of carbonyl (C=O) groups is 2. The zero-order chi connectivity index (χ0) is 30.4. The van der Waals surface area contributed by atoms with Crippen molar-refractivity contribution in [1.82, 2.24) is 15.0 Å². The van der Waals surface area contributed by atoms with Crippen LogP contribution >= 0.6 is 0 Å². The molecule has 0 atom stereocenters. The van der Waals surface area contributed by atoms with Crippen molar-refractivity contribution in [3.05, 3.63) is 112 Å². The lowest BCUT2D eigenvalue weighted by Crippen LogP contribution is -2.41. The summed E-state index contributed by atoms with van der Waals surface area (Å²) in [5.41, 5.74) is 9.83. The number of aromatic hydroxyl groups is 1. The molecule has 0 bridgehead atoms. The molecule has 2 aliphatic heterocycles. The smallest absolute Gasteiger partial charge is 0.340 e. The van der Waals surface area contributed by atoms with Crippen LogP contribution in [0.25, 0.3) is 22.0 Å². The molecule has 5 aromatic rings. The molecule has 0 saturated carbocycles. The second-order valence-corrected chi connectivity index (χ2v) is 11.1. The van der Waals surface area contributed by atoms with Crippen LogP contribution in [-0.4, -0.2) is 39.7 Å². The number of pyridine rings is 1. The Labute approximate surface area is 253 Å². The Morgan fingerprint density at radius 1 is 1.00 bits per heavy atom. The molecule has 4 heterocycles. The maximum atomic E-state index is 13.7. The number of aryl methyl sites for hydroxylation is 1. The molecule has 0 fully saturated rings. The molecule has 0 aliphatic carbocycles. The molecule has 44 heavy (non-hydrogen) atoms. The van der Waals surface area contributed by atoms with Gasteiger partial charge in [-0.3, -0.25) is 15.2 Å². The Morgan fingerprint density at radius 2 is 1.77 bits per heavy atom. The standard InChI is InChI=1S/C35H31FN4O4/c1-2-44-35(43)30-26(20-21-9-15-25(36)16-10-21)37-32-28-8-5-18-39(28)34(42)31(32)29(30)23-11-13-24(14-12-23)33(41)38-40-19-17-22-6-3-4-7-27(22)40/h3-4,6-7,9-16,42H,2,5,8,17-20H2,1H3,(H,38,41). The monoisotopic (exact) mass is 590 g/mol. The molecule has 0 saturated heterocycles. The Hall–Kier alpha value is -5.18. The molecule has 0 spiro atoms. The minimum absolute atomic E-state index is 0.0587. The number of halogens is 1. The van der Waals surface area contributed by atoms with E-state index >= 15 is 0 Å². The van der Waals surface area contributed by atoms with E-state index in [-0.39, 0.29) is 36.2 Å². The zero-order valence-corrected chi connectivity index (χ0v) is 24.3. The predicted octanol–water partition coefficient (Wildman–Crippen LogP) is 5.97. The summed E-state index contributed by atoms with van der Waals surface area (Å²) in [6.07, 6.45) is 2.75. The van der Waals surface area contributed by atoms with Crippen LogP contribution in [0, 0.1) is 5.82 Å². The number of amides is 1. The number of carbonyl (C=O) groups excluding carboxylic acids is 2. The van der Waals surface area contributed by atoms with Gasteiger partial charge in [-0.25, -0.2) is 14.2 Å². The number of hydrogen-bond acceptors (Lipinski definition) is 6. The summed E-state index contributed by atoms with van der Waals surface area (Å²) in [6.45, 7) is 3.23. The Balaban J connectivity index is 1.33. The van der Waals surface area contributed by atoms with Gasteiger partial charge in [0, 0.05) is 36.3 Å². The van der Waals surface area contributed by atoms with Gasteiger partial charge in [-0.05, 0) is 73.2 Å². The SMILES string of the molecule is CCOC(=O)c1c(Cc2ccc(F)cc2)nc2c3n(c(O)c2c1-c1ccc(C(=O)NN2CCc4ccccc42)cc1)CCC3. The summed E-state index contributed by atoms with van der Waals surface area (Å²) in [7, 11) is 0. The molecule has 7 rings (SSSR count). The highest BCUT2D eigenvalue weighted by Gasteiger charge is 2.31. The molecule has 2 aromatic heterocycles. The normalized spacial score (nSPS) is 13.6. The van der Waals surface area contributed by atoms with Gasteiger partial charge in [0.15, 0.2) is 0 Å². The number of nitrogens with zero attached hydrogens (tertiary/aromatic N) is 3. The summed E-state index contributed by atoms with van der Waals surface area (Å²) >= 11 is 0. The molecule has 0 unspecified atom stereocenters. The molecule has 222 valence electrons. The van der Waals surface area contributed by atoms with Crippen LogP contribution in [0.2, 0.25) is 0 Å². The maximum absolute atomic E-state index is 13.7. The van der Waals surface area contributed by atoms with E-state index in [1.807, 2.05) is 27.8 Å². The number of rotatable bonds is 7. The van der Waals surface area contributed by atoms with Crippen LogP contribution in [-0.2, 0) is 30.5 Å². The highest BCUT2D eigenvalue weighted by molar-refractivity contribution is 6.11. The van der Waals surface area contributed by atoms with Gasteiger partial charge in [-0.15, -0.1) is 0 Å². The van der Waals surface area contributed by atoms with Crippen molar-refractivity contribution in [2.75, 3.05) is 18.2 Å². The highest BCUT2D eigenvalue weighted by atomic mass is 19.1. The fourth-order valence-corrected chi connectivity index (χ4v) is 6.42. The number of para-hydroxylation sites is 1. The number of hydrogen-bond donors (Lipinski definition) is 2. The third-order valence-corrected chi connectivity index (χ3v) is 8.47. The fourth-order valence-electron chi connectivity index (χ4n) is 6.42. The molecule has 8 nitrogen and oxygen atoms in total. The number of aromatic nitrogens is 2. The van der Waals surface area contributed by atoms with Crippen molar-refractivity contribution in [3.8, 4) is 17.0 Å². The van der Waals surface area contributed by atoms with Gasteiger partial charge in [0.1, 0.15) is 5.82 Å². The summed E-state index contributed by atoms with van der Waals surface area (Å²) in [6, 6.07) is 21.1. The van der Waals surface area contributed by atoms with Crippen LogP contribution in [0.5, 0.6) is 5.88 Å². The van der Waals surface area contributed by atoms with Crippen molar-refractivity contribution in [1.29, 1.82) is 0 Å². The predicted molar refractivity (Wildman–Crippen MR) is 165 cm³/mol. The lowest BCUT2D eigenvalue weighted by molar-refractivity contribution is 0.0525. The molecular weight excluding hydrogens is 559 g/mol. The first kappa shape index (κ1) is 27.6. The number of fused-ring (bicyclic) bond motifs is 4. The van der Waals surface area contributed by atoms with Gasteiger partial charge >= 0.3 is 5.97 Å². The zero-order valence-electron chi connectivity index (χ0n) is 24.3. The van der Waals surface area contributed by atoms with Crippen molar-refractivity contribution in [2.24, 2.45) is 0 Å². The van der Waals surface area contributed by atoms with Crippen LogP contribution in [0.15, 0.2) is 72.8 Å². The van der Waals surface area contributed by atoms with E-state index in [1.54, 1.807) is 43.3 Å². The van der Waals surface area contributed by atoms with Gasteiger partial charge in [-0.2, -0.15) is 0 Å². The molecule has 2 N–H and O–H groups in total. The maximum Gasteiger partial charge on any atom is 0.340 e. The molecule has 3 aromatic carbocycles. The molecular formula is C35H31FN4O4. The van der Waals surface area contributed by atoms with Crippen LogP contribution in [0.4, 0.5) is 10.1 Å². The lowest BCUT2D eigenvalue weighted by Gasteiger charge is -2.20. The fraction of sp³-hybridized carbons (Fsp3) is 0.229. The van der Waals surface area contributed by atoms with Gasteiger partial charge < -0.3 is 14.4 Å². The number of nitrogens with one attached hydrogen (secondary N) is 1. The average molecular weight is 591 g/mol. The largest absolute Gasteiger partial charge is 0.494 e. The topological polar surface area (TPSA) is 96.7 Å². The van der Waals surface area contributed by atoms with Crippen molar-refractivity contribution < 1.29 is 23.8 Å². The van der Waals surface area contributed by atoms with E-state index in [1.165, 1.54) is 17.7 Å². The Kier molecular flexibility index (Phi) is 7.00. The number of anilines is 1. The molecule has 0 radical (unpaired) electrons. The molecule has 9 heteroatoms. The molecule has 1 amide bonds. The van der Waals surface area contributed by atoms with E-state index in [4.69, 9.17) is 9.72 Å². The first-order valence-electron chi connectivity index (χ1n) is 14.9. The summed E-state index contributed by atoms with van der Waals surface area (Å²) in [5, 5.41) is 13.8. The van der Waals surface area contributed by atoms with Gasteiger partial charge in [-0.1, -0.05) is 42.5 Å². The number of benzene rings is 3. The van der Waals surface area contributed by atoms with Crippen LogP contribution < -0.4 is 10.4 Å². The highest BCUT2D eigenvalue weighted by Crippen LogP contribution is 2.44. The second-order valence-electron chi connectivity index (χ2n) is 11.1. The number of ether oxygens (including phenoxy) is 1. The van der Waals surface area contributed by atoms with E-state index in [2.05, 4.69) is 11.5 Å². The van der Waals surface area contributed by atoms with E-state index in [0.717, 1.165) is 36.2 Å². The summed E-state index contributed by atoms with van der Waals surface area (Å²) in [4.78, 5) is 31.8. The van der Waals surface area contributed by atoms with E-state index in [9.17, 15) is 19.1 Å². The minimum Gasteiger partial charge on any atom is -0.494 e. The van der Waals surface area contributed by atoms with Gasteiger partial charge in [0.05, 0.1) is 34.5 Å². The average Bonchev–Trinajstić information content (AvgIpc) is 3.75. The van der Waals surface area contributed by atoms with Gasteiger partial charge in [0.25, 0.3) is 5.91 Å². The van der Waals surface area contributed by atoms with Crippen molar-refractivity contribution in [2.45, 2.75) is 39.2 Å². The third-order valence-electron chi connectivity index (χ3n) is 8.47. The second kappa shape index (κ2) is 11.1. The minimum atomic E-state index is -0.561. The van der Waals surface area contributed by atoms with Crippen molar-refractivity contribution >= 4 is 28.5 Å². The lowest BCUT2D eigenvalue weighted by atomic mass is 9.92. The molecule has 2 aliphatic rings. The van der Waals surface area contributed by atoms with Crippen molar-refractivity contribution in [3.63, 3.8) is 0 Å². The quantitative estimate of drug-likeness (QED) is 0.227. The van der Waals surface area contributed by atoms with E-state index < -0.39 is 5.97 Å².